The van der Waals surface area contributed by atoms with Crippen molar-refractivity contribution in [3.63, 3.8) is 0 Å². The molecule has 0 saturated heterocycles. The van der Waals surface area contributed by atoms with Gasteiger partial charge >= 0.3 is 0 Å². The molecule has 0 bridgehead atoms. The van der Waals surface area contributed by atoms with Crippen molar-refractivity contribution in [1.29, 1.82) is 0 Å². The summed E-state index contributed by atoms with van der Waals surface area (Å²) in [7, 11) is 0. The van der Waals surface area contributed by atoms with E-state index in [1.54, 1.807) is 36.4 Å². The number of nitrogens with one attached hydrogen (secondary N) is 1. The average molecular weight is 494 g/mol. The number of halogens is 3. The van der Waals surface area contributed by atoms with Crippen molar-refractivity contribution in [2.75, 3.05) is 5.32 Å². The molecule has 5 rings (SSSR count). The Morgan fingerprint density at radius 1 is 0.909 bits per heavy atom. The molecule has 0 aliphatic carbocycles. The van der Waals surface area contributed by atoms with Gasteiger partial charge in [0.2, 0.25) is 0 Å². The first-order valence-electron chi connectivity index (χ1n) is 9.86. The highest BCUT2D eigenvalue weighted by molar-refractivity contribution is 7.14. The zero-order valence-electron chi connectivity index (χ0n) is 16.9. The molecule has 0 radical (unpaired) electrons. The second-order valence-electron chi connectivity index (χ2n) is 7.20. The summed E-state index contributed by atoms with van der Waals surface area (Å²) in [5.74, 6) is -0.636. The van der Waals surface area contributed by atoms with Crippen LogP contribution >= 0.6 is 34.5 Å². The average Bonchev–Trinajstić information content (AvgIpc) is 3.27. The molecule has 33 heavy (non-hydrogen) atoms. The van der Waals surface area contributed by atoms with Crippen LogP contribution in [0.4, 0.5) is 9.52 Å². The number of nitrogens with zero attached hydrogens (tertiary/aromatic N) is 2. The van der Waals surface area contributed by atoms with E-state index in [1.165, 1.54) is 23.5 Å². The van der Waals surface area contributed by atoms with E-state index in [0.29, 0.717) is 48.6 Å². The summed E-state index contributed by atoms with van der Waals surface area (Å²) in [5.41, 5.74) is 3.77. The lowest BCUT2D eigenvalue weighted by atomic mass is 10.0. The molecule has 0 aliphatic rings. The minimum Gasteiger partial charge on any atom is -0.298 e. The molecular weight excluding hydrogens is 480 g/mol. The zero-order valence-corrected chi connectivity index (χ0v) is 19.2. The number of thiazole rings is 1. The van der Waals surface area contributed by atoms with Gasteiger partial charge in [0.25, 0.3) is 5.91 Å². The number of fused-ring (bicyclic) bond motifs is 1. The number of carbonyl (C=O) groups excluding carboxylic acids is 1. The van der Waals surface area contributed by atoms with E-state index in [2.05, 4.69) is 15.3 Å². The van der Waals surface area contributed by atoms with Crippen LogP contribution in [0.2, 0.25) is 10.0 Å². The highest BCUT2D eigenvalue weighted by Crippen LogP contribution is 2.32. The number of carbonyl (C=O) groups is 1. The molecular formula is C25H14Cl2FN3OS. The Morgan fingerprint density at radius 3 is 2.48 bits per heavy atom. The summed E-state index contributed by atoms with van der Waals surface area (Å²) < 4.78 is 13.2. The predicted molar refractivity (Wildman–Crippen MR) is 133 cm³/mol. The molecule has 0 spiro atoms. The Hall–Kier alpha value is -3.32. The van der Waals surface area contributed by atoms with E-state index < -0.39 is 0 Å². The van der Waals surface area contributed by atoms with Gasteiger partial charge in [-0.15, -0.1) is 11.3 Å². The lowest BCUT2D eigenvalue weighted by Gasteiger charge is -2.11. The van der Waals surface area contributed by atoms with Crippen LogP contribution in [0.3, 0.4) is 0 Å². The number of amides is 1. The third kappa shape index (κ3) is 4.46. The van der Waals surface area contributed by atoms with Crippen LogP contribution in [0.25, 0.3) is 33.4 Å². The number of anilines is 1. The summed E-state index contributed by atoms with van der Waals surface area (Å²) >= 11 is 13.7. The van der Waals surface area contributed by atoms with Gasteiger partial charge in [-0.3, -0.25) is 10.1 Å². The predicted octanol–water partition coefficient (Wildman–Crippen LogP) is 7.72. The van der Waals surface area contributed by atoms with Crippen molar-refractivity contribution in [3.05, 3.63) is 99.6 Å². The number of para-hydroxylation sites is 1. The summed E-state index contributed by atoms with van der Waals surface area (Å²) in [4.78, 5) is 22.4. The Kier molecular flexibility index (Phi) is 5.81. The molecule has 4 nitrogen and oxygen atoms in total. The minimum atomic E-state index is -0.319. The quantitative estimate of drug-likeness (QED) is 0.278. The fourth-order valence-corrected chi connectivity index (χ4v) is 4.67. The Morgan fingerprint density at radius 2 is 1.70 bits per heavy atom. The molecule has 162 valence electrons. The molecule has 0 aliphatic heterocycles. The van der Waals surface area contributed by atoms with E-state index >= 15 is 0 Å². The van der Waals surface area contributed by atoms with Crippen molar-refractivity contribution in [1.82, 2.24) is 9.97 Å². The second kappa shape index (κ2) is 8.90. The van der Waals surface area contributed by atoms with Gasteiger partial charge in [0, 0.05) is 26.9 Å². The molecule has 0 atom stereocenters. The molecule has 8 heteroatoms. The molecule has 1 amide bonds. The third-order valence-electron chi connectivity index (χ3n) is 5.03. The molecule has 1 N–H and O–H groups in total. The number of benzene rings is 3. The van der Waals surface area contributed by atoms with Crippen molar-refractivity contribution in [3.8, 4) is 22.5 Å². The van der Waals surface area contributed by atoms with Crippen LogP contribution in [0.1, 0.15) is 10.4 Å². The van der Waals surface area contributed by atoms with Crippen LogP contribution in [0.5, 0.6) is 0 Å². The van der Waals surface area contributed by atoms with Gasteiger partial charge in [0.05, 0.1) is 27.5 Å². The standard InChI is InChI=1S/C25H14Cl2FN3OS/c26-15-7-10-18(20(27)11-15)22-12-19(17-3-1-2-4-21(17)29-22)24(32)31-25-30-23(13-33-25)14-5-8-16(28)9-6-14/h1-13H,(H,30,31,32). The molecule has 0 fully saturated rings. The first-order chi connectivity index (χ1) is 16.0. The monoisotopic (exact) mass is 493 g/mol. The smallest absolute Gasteiger partial charge is 0.258 e. The van der Waals surface area contributed by atoms with Gasteiger partial charge in [-0.1, -0.05) is 41.4 Å². The van der Waals surface area contributed by atoms with Crippen LogP contribution in [-0.4, -0.2) is 15.9 Å². The lowest BCUT2D eigenvalue weighted by Crippen LogP contribution is -2.13. The van der Waals surface area contributed by atoms with Crippen LogP contribution in [0, 0.1) is 5.82 Å². The van der Waals surface area contributed by atoms with Crippen molar-refractivity contribution >= 4 is 56.5 Å². The van der Waals surface area contributed by atoms with Crippen molar-refractivity contribution in [2.24, 2.45) is 0 Å². The molecule has 2 aromatic heterocycles. The van der Waals surface area contributed by atoms with E-state index in [9.17, 15) is 9.18 Å². The molecule has 3 aromatic carbocycles. The summed E-state index contributed by atoms with van der Waals surface area (Å²) in [6.07, 6.45) is 0. The van der Waals surface area contributed by atoms with E-state index in [4.69, 9.17) is 23.2 Å². The van der Waals surface area contributed by atoms with E-state index in [0.717, 1.165) is 5.56 Å². The Bertz CT molecular complexity index is 1500. The number of hydrogen-bond acceptors (Lipinski definition) is 4. The van der Waals surface area contributed by atoms with E-state index in [1.807, 2.05) is 29.6 Å². The van der Waals surface area contributed by atoms with Gasteiger partial charge in [0.15, 0.2) is 5.13 Å². The maximum absolute atomic E-state index is 13.3. The minimum absolute atomic E-state index is 0.316. The van der Waals surface area contributed by atoms with Gasteiger partial charge in [-0.05, 0) is 54.6 Å². The second-order valence-corrected chi connectivity index (χ2v) is 8.90. The van der Waals surface area contributed by atoms with Gasteiger partial charge in [-0.25, -0.2) is 14.4 Å². The van der Waals surface area contributed by atoms with Crippen LogP contribution in [-0.2, 0) is 0 Å². The molecule has 5 aromatic rings. The normalized spacial score (nSPS) is 11.0. The largest absolute Gasteiger partial charge is 0.298 e. The fourth-order valence-electron chi connectivity index (χ4n) is 3.45. The fraction of sp³-hybridized carbons (Fsp3) is 0. The maximum atomic E-state index is 13.3. The van der Waals surface area contributed by atoms with Crippen LogP contribution in [0.15, 0.2) is 78.2 Å². The molecule has 2 heterocycles. The number of rotatable bonds is 4. The van der Waals surface area contributed by atoms with Gasteiger partial charge in [-0.2, -0.15) is 0 Å². The summed E-state index contributed by atoms with van der Waals surface area (Å²) in [5, 5.41) is 6.78. The highest BCUT2D eigenvalue weighted by atomic mass is 35.5. The highest BCUT2D eigenvalue weighted by Gasteiger charge is 2.17. The number of pyridine rings is 1. The van der Waals surface area contributed by atoms with Gasteiger partial charge in [0.1, 0.15) is 5.82 Å². The first-order valence-corrected chi connectivity index (χ1v) is 11.5. The third-order valence-corrected chi connectivity index (χ3v) is 6.34. The van der Waals surface area contributed by atoms with E-state index in [-0.39, 0.29) is 11.7 Å². The summed E-state index contributed by atoms with van der Waals surface area (Å²) in [6, 6.07) is 20.3. The topological polar surface area (TPSA) is 54.9 Å². The van der Waals surface area contributed by atoms with Crippen LogP contribution < -0.4 is 5.32 Å². The maximum Gasteiger partial charge on any atom is 0.258 e. The molecule has 0 unspecified atom stereocenters. The Labute approximate surface area is 202 Å². The SMILES string of the molecule is O=C(Nc1nc(-c2ccc(F)cc2)cs1)c1cc(-c2ccc(Cl)cc2Cl)nc2ccccc12. The lowest BCUT2D eigenvalue weighted by molar-refractivity contribution is 0.102. The summed E-state index contributed by atoms with van der Waals surface area (Å²) in [6.45, 7) is 0. The molecule has 0 saturated carbocycles. The first kappa shape index (κ1) is 21.5. The zero-order chi connectivity index (χ0) is 22.9. The Balaban J connectivity index is 1.51. The number of aromatic nitrogens is 2. The van der Waals surface area contributed by atoms with Crippen molar-refractivity contribution in [2.45, 2.75) is 0 Å². The van der Waals surface area contributed by atoms with Crippen molar-refractivity contribution < 1.29 is 9.18 Å². The van der Waals surface area contributed by atoms with Gasteiger partial charge < -0.3 is 0 Å². The number of hydrogen-bond donors (Lipinski definition) is 1.